The van der Waals surface area contributed by atoms with Crippen LogP contribution in [0, 0.1) is 11.3 Å². The van der Waals surface area contributed by atoms with Crippen LogP contribution in [-0.2, 0) is 5.54 Å². The molecule has 1 aliphatic carbocycles. The van der Waals surface area contributed by atoms with Gasteiger partial charge in [-0.2, -0.15) is 10.2 Å². The lowest BCUT2D eigenvalue weighted by molar-refractivity contribution is 0.452. The lowest BCUT2D eigenvalue weighted by Crippen LogP contribution is -2.22. The zero-order chi connectivity index (χ0) is 17.9. The lowest BCUT2D eigenvalue weighted by Gasteiger charge is -2.10. The molecule has 7 heteroatoms. The van der Waals surface area contributed by atoms with Crippen molar-refractivity contribution in [1.82, 2.24) is 19.9 Å². The van der Waals surface area contributed by atoms with E-state index in [1.807, 2.05) is 24.3 Å². The van der Waals surface area contributed by atoms with Gasteiger partial charge in [-0.25, -0.2) is 9.97 Å². The summed E-state index contributed by atoms with van der Waals surface area (Å²) in [5, 5.41) is 20.9. The van der Waals surface area contributed by atoms with Crippen LogP contribution < -0.4 is 5.73 Å². The van der Waals surface area contributed by atoms with E-state index in [2.05, 4.69) is 26.0 Å². The van der Waals surface area contributed by atoms with Crippen LogP contribution in [0.15, 0.2) is 36.7 Å². The number of nitriles is 1. The molecule has 0 atom stereocenters. The molecule has 0 bridgehead atoms. The molecule has 0 saturated heterocycles. The molecule has 3 aromatic heterocycles. The first-order valence-corrected chi connectivity index (χ1v) is 8.25. The highest BCUT2D eigenvalue weighted by molar-refractivity contribution is 5.91. The van der Waals surface area contributed by atoms with E-state index in [9.17, 15) is 10.4 Å². The minimum Gasteiger partial charge on any atom is -0.493 e. The number of aromatic hydroxyl groups is 1. The highest BCUT2D eigenvalue weighted by Crippen LogP contribution is 2.42. The molecular weight excluding hydrogens is 328 g/mol. The van der Waals surface area contributed by atoms with E-state index in [-0.39, 0.29) is 5.88 Å². The number of rotatable bonds is 2. The van der Waals surface area contributed by atoms with Gasteiger partial charge in [0.1, 0.15) is 11.7 Å². The predicted octanol–water partition coefficient (Wildman–Crippen LogP) is 2.70. The smallest absolute Gasteiger partial charge is 0.222 e. The van der Waals surface area contributed by atoms with Gasteiger partial charge in [-0.1, -0.05) is 6.07 Å². The quantitative estimate of drug-likeness (QED) is 0.514. The minimum absolute atomic E-state index is 0.0722. The standard InChI is InChI=1S/C19H14N6O/c20-7-12-9-23-16-13(12)6-11(8-22-16)10-1-2-15-14(5-10)17(26)25-18(24-15)19(21)3-4-19/h1-2,5-6,8-9H,3-4,21H2,(H,22,23)(H,24,25,26). The van der Waals surface area contributed by atoms with Gasteiger partial charge in [-0.05, 0) is 36.6 Å². The average Bonchev–Trinajstić information content (AvgIpc) is 3.28. The molecular formula is C19H14N6O. The SMILES string of the molecule is N#Cc1c[nH]c2ncc(-c3ccc4nc(C5(N)CC5)nc(O)c4c3)cc12. The van der Waals surface area contributed by atoms with E-state index in [0.717, 1.165) is 29.4 Å². The molecule has 0 spiro atoms. The number of H-pyrrole nitrogens is 1. The summed E-state index contributed by atoms with van der Waals surface area (Å²) in [7, 11) is 0. The molecule has 0 radical (unpaired) electrons. The van der Waals surface area contributed by atoms with Crippen LogP contribution >= 0.6 is 0 Å². The summed E-state index contributed by atoms with van der Waals surface area (Å²) in [6.07, 6.45) is 5.04. The van der Waals surface area contributed by atoms with Gasteiger partial charge in [0.15, 0.2) is 5.82 Å². The molecule has 4 aromatic rings. The third-order valence-electron chi connectivity index (χ3n) is 4.89. The second-order valence-corrected chi connectivity index (χ2v) is 6.69. The normalized spacial score (nSPS) is 15.2. The summed E-state index contributed by atoms with van der Waals surface area (Å²) in [4.78, 5) is 16.1. The van der Waals surface area contributed by atoms with Crippen LogP contribution in [0.1, 0.15) is 24.2 Å². The average molecular weight is 342 g/mol. The Bertz CT molecular complexity index is 1230. The van der Waals surface area contributed by atoms with Crippen LogP contribution in [0.5, 0.6) is 5.88 Å². The first-order valence-electron chi connectivity index (χ1n) is 8.25. The maximum absolute atomic E-state index is 10.4. The Hall–Kier alpha value is -3.50. The number of nitrogens with two attached hydrogens (primary N) is 1. The fourth-order valence-corrected chi connectivity index (χ4v) is 3.13. The number of nitrogens with zero attached hydrogens (tertiary/aromatic N) is 4. The zero-order valence-corrected chi connectivity index (χ0v) is 13.7. The largest absolute Gasteiger partial charge is 0.493 e. The molecule has 1 saturated carbocycles. The van der Waals surface area contributed by atoms with Crippen molar-refractivity contribution in [2.24, 2.45) is 5.73 Å². The van der Waals surface area contributed by atoms with Crippen molar-refractivity contribution >= 4 is 21.9 Å². The Kier molecular flexibility index (Phi) is 2.85. The molecule has 0 aliphatic heterocycles. The molecule has 26 heavy (non-hydrogen) atoms. The Morgan fingerprint density at radius 3 is 2.73 bits per heavy atom. The second-order valence-electron chi connectivity index (χ2n) is 6.69. The maximum atomic E-state index is 10.4. The van der Waals surface area contributed by atoms with Gasteiger partial charge in [0.25, 0.3) is 0 Å². The minimum atomic E-state index is -0.499. The second kappa shape index (κ2) is 5.00. The van der Waals surface area contributed by atoms with Crippen molar-refractivity contribution in [2.75, 3.05) is 0 Å². The van der Waals surface area contributed by atoms with Gasteiger partial charge in [0.05, 0.1) is 22.0 Å². The van der Waals surface area contributed by atoms with Gasteiger partial charge >= 0.3 is 0 Å². The predicted molar refractivity (Wildman–Crippen MR) is 96.1 cm³/mol. The summed E-state index contributed by atoms with van der Waals surface area (Å²) in [6.45, 7) is 0. The molecule has 3 heterocycles. The highest BCUT2D eigenvalue weighted by Gasteiger charge is 2.43. The monoisotopic (exact) mass is 342 g/mol. The Morgan fingerprint density at radius 2 is 1.96 bits per heavy atom. The summed E-state index contributed by atoms with van der Waals surface area (Å²) in [6, 6.07) is 9.64. The summed E-state index contributed by atoms with van der Waals surface area (Å²) < 4.78 is 0. The van der Waals surface area contributed by atoms with Crippen LogP contribution in [0.2, 0.25) is 0 Å². The highest BCUT2D eigenvalue weighted by atomic mass is 16.3. The first kappa shape index (κ1) is 14.8. The molecule has 126 valence electrons. The molecule has 1 aliphatic rings. The summed E-state index contributed by atoms with van der Waals surface area (Å²) in [5.74, 6) is 0.418. The van der Waals surface area contributed by atoms with Crippen LogP contribution in [0.3, 0.4) is 0 Å². The van der Waals surface area contributed by atoms with E-state index in [0.29, 0.717) is 27.9 Å². The number of aromatic nitrogens is 4. The number of nitrogens with one attached hydrogen (secondary N) is 1. The number of fused-ring (bicyclic) bond motifs is 2. The van der Waals surface area contributed by atoms with Crippen molar-refractivity contribution in [1.29, 1.82) is 5.26 Å². The molecule has 0 amide bonds. The molecule has 1 aromatic carbocycles. The van der Waals surface area contributed by atoms with Gasteiger partial charge in [0.2, 0.25) is 5.88 Å². The van der Waals surface area contributed by atoms with E-state index in [1.165, 1.54) is 0 Å². The van der Waals surface area contributed by atoms with E-state index in [4.69, 9.17) is 5.73 Å². The molecule has 1 fully saturated rings. The number of pyridine rings is 1. The van der Waals surface area contributed by atoms with E-state index >= 15 is 0 Å². The third kappa shape index (κ3) is 2.13. The zero-order valence-electron chi connectivity index (χ0n) is 13.7. The third-order valence-corrected chi connectivity index (χ3v) is 4.89. The number of aromatic amines is 1. The lowest BCUT2D eigenvalue weighted by atomic mass is 10.0. The van der Waals surface area contributed by atoms with Crippen LogP contribution in [0.4, 0.5) is 0 Å². The fourth-order valence-electron chi connectivity index (χ4n) is 3.13. The van der Waals surface area contributed by atoms with E-state index in [1.54, 1.807) is 12.4 Å². The van der Waals surface area contributed by atoms with Crippen molar-refractivity contribution in [3.8, 4) is 23.1 Å². The Morgan fingerprint density at radius 1 is 1.15 bits per heavy atom. The van der Waals surface area contributed by atoms with E-state index < -0.39 is 5.54 Å². The summed E-state index contributed by atoms with van der Waals surface area (Å²) in [5.41, 5.74) is 9.21. The van der Waals surface area contributed by atoms with Gasteiger partial charge < -0.3 is 15.8 Å². The topological polar surface area (TPSA) is 124 Å². The molecule has 4 N–H and O–H groups in total. The van der Waals surface area contributed by atoms with Gasteiger partial charge in [-0.3, -0.25) is 0 Å². The number of benzene rings is 1. The summed E-state index contributed by atoms with van der Waals surface area (Å²) >= 11 is 0. The Balaban J connectivity index is 1.66. The fraction of sp³-hybridized carbons (Fsp3) is 0.158. The Labute approximate surface area is 148 Å². The number of hydrogen-bond acceptors (Lipinski definition) is 6. The van der Waals surface area contributed by atoms with Gasteiger partial charge in [-0.15, -0.1) is 0 Å². The van der Waals surface area contributed by atoms with Gasteiger partial charge in [0, 0.05) is 23.3 Å². The van der Waals surface area contributed by atoms with Crippen molar-refractivity contribution in [3.05, 3.63) is 48.0 Å². The molecule has 0 unspecified atom stereocenters. The number of hydrogen-bond donors (Lipinski definition) is 3. The van der Waals surface area contributed by atoms with Crippen LogP contribution in [0.25, 0.3) is 33.1 Å². The van der Waals surface area contributed by atoms with Crippen molar-refractivity contribution in [2.45, 2.75) is 18.4 Å². The molecule has 7 nitrogen and oxygen atoms in total. The van der Waals surface area contributed by atoms with Crippen molar-refractivity contribution < 1.29 is 5.11 Å². The first-order chi connectivity index (χ1) is 12.6. The maximum Gasteiger partial charge on any atom is 0.222 e. The van der Waals surface area contributed by atoms with Crippen LogP contribution in [-0.4, -0.2) is 25.0 Å². The molecule has 5 rings (SSSR count). The van der Waals surface area contributed by atoms with Crippen molar-refractivity contribution in [3.63, 3.8) is 0 Å².